The van der Waals surface area contributed by atoms with Gasteiger partial charge >= 0.3 is 0 Å². The van der Waals surface area contributed by atoms with E-state index in [1.807, 2.05) is 19.2 Å². The van der Waals surface area contributed by atoms with Crippen LogP contribution < -0.4 is 10.6 Å². The van der Waals surface area contributed by atoms with Crippen LogP contribution in [0.4, 0.5) is 5.69 Å². The van der Waals surface area contributed by atoms with Crippen molar-refractivity contribution in [1.82, 2.24) is 10.2 Å². The normalized spacial score (nSPS) is 33.0. The first-order valence-electron chi connectivity index (χ1n) is 10.7. The molecule has 0 radical (unpaired) electrons. The highest BCUT2D eigenvalue weighted by Gasteiger charge is 2.71. The average Bonchev–Trinajstić information content (AvgIpc) is 3.44. The lowest BCUT2D eigenvalue weighted by molar-refractivity contribution is -0.145. The Labute approximate surface area is 185 Å². The number of carbonyl (C=O) groups is 3. The molecular weight excluding hydrogens is 422 g/mol. The number of anilines is 1. The quantitative estimate of drug-likeness (QED) is 0.693. The zero-order valence-electron chi connectivity index (χ0n) is 17.2. The van der Waals surface area contributed by atoms with Crippen LogP contribution in [0.5, 0.6) is 0 Å². The summed E-state index contributed by atoms with van der Waals surface area (Å²) < 4.78 is 0. The molecule has 30 heavy (non-hydrogen) atoms. The van der Waals surface area contributed by atoms with Gasteiger partial charge in [-0.2, -0.15) is 11.8 Å². The first kappa shape index (κ1) is 20.3. The first-order valence-corrected chi connectivity index (χ1v) is 12.4. The molecule has 3 amide bonds. The van der Waals surface area contributed by atoms with E-state index in [4.69, 9.17) is 11.6 Å². The van der Waals surface area contributed by atoms with Crippen LogP contribution >= 0.6 is 23.4 Å². The number of likely N-dealkylation sites (tertiary alicyclic amines) is 1. The van der Waals surface area contributed by atoms with E-state index in [1.165, 1.54) is 4.90 Å². The number of aryl methyl sites for hydroxylation is 1. The van der Waals surface area contributed by atoms with E-state index >= 15 is 0 Å². The molecule has 3 aliphatic heterocycles. The fraction of sp³-hybridized carbons (Fsp3) is 0.591. The van der Waals surface area contributed by atoms with Gasteiger partial charge in [-0.15, -0.1) is 0 Å². The topological polar surface area (TPSA) is 78.5 Å². The number of nitrogens with one attached hydrogen (secondary N) is 2. The number of benzene rings is 1. The maximum atomic E-state index is 13.7. The van der Waals surface area contributed by atoms with Gasteiger partial charge < -0.3 is 5.32 Å². The summed E-state index contributed by atoms with van der Waals surface area (Å²) >= 11 is 8.07. The summed E-state index contributed by atoms with van der Waals surface area (Å²) in [5, 5.41) is 7.00. The molecule has 0 aromatic heterocycles. The lowest BCUT2D eigenvalue weighted by Crippen LogP contribution is -2.54. The second kappa shape index (κ2) is 7.24. The molecule has 2 N–H and O–H groups in total. The average molecular weight is 448 g/mol. The van der Waals surface area contributed by atoms with Crippen molar-refractivity contribution < 1.29 is 14.4 Å². The Kier molecular flexibility index (Phi) is 4.91. The largest absolute Gasteiger partial charge is 0.324 e. The molecule has 0 unspecified atom stereocenters. The monoisotopic (exact) mass is 447 g/mol. The van der Waals surface area contributed by atoms with E-state index in [2.05, 4.69) is 10.6 Å². The molecule has 1 spiro atoms. The number of nitrogens with zero attached hydrogens (tertiary/aromatic N) is 1. The van der Waals surface area contributed by atoms with Crippen LogP contribution in [0, 0.1) is 18.8 Å². The van der Waals surface area contributed by atoms with E-state index in [1.54, 1.807) is 17.8 Å². The lowest BCUT2D eigenvalue weighted by Gasteiger charge is -2.31. The van der Waals surface area contributed by atoms with Crippen LogP contribution in [0.2, 0.25) is 5.02 Å². The van der Waals surface area contributed by atoms with Crippen molar-refractivity contribution in [2.75, 3.05) is 17.3 Å². The summed E-state index contributed by atoms with van der Waals surface area (Å²) in [7, 11) is 0. The molecular formula is C22H26ClN3O3S. The Morgan fingerprint density at radius 2 is 1.93 bits per heavy atom. The second-order valence-electron chi connectivity index (χ2n) is 8.93. The minimum absolute atomic E-state index is 0.0288. The summed E-state index contributed by atoms with van der Waals surface area (Å²) in [6, 6.07) is 3.34. The van der Waals surface area contributed by atoms with Gasteiger partial charge in [-0.05, 0) is 55.9 Å². The predicted molar refractivity (Wildman–Crippen MR) is 118 cm³/mol. The maximum Gasteiger partial charge on any atom is 0.250 e. The molecule has 2 saturated heterocycles. The third-order valence-electron chi connectivity index (χ3n) is 7.34. The Morgan fingerprint density at radius 3 is 2.63 bits per heavy atom. The van der Waals surface area contributed by atoms with Crippen molar-refractivity contribution in [3.63, 3.8) is 0 Å². The van der Waals surface area contributed by atoms with Crippen LogP contribution in [0.25, 0.3) is 0 Å². The number of thioether (sulfide) groups is 1. The van der Waals surface area contributed by atoms with Crippen LogP contribution in [0.1, 0.15) is 43.2 Å². The molecule has 1 saturated carbocycles. The molecule has 6 nitrogen and oxygen atoms in total. The van der Waals surface area contributed by atoms with Gasteiger partial charge in [0.1, 0.15) is 5.54 Å². The fourth-order valence-electron chi connectivity index (χ4n) is 6.07. The highest BCUT2D eigenvalue weighted by molar-refractivity contribution is 7.98. The number of rotatable bonds is 4. The Morgan fingerprint density at radius 1 is 1.20 bits per heavy atom. The summed E-state index contributed by atoms with van der Waals surface area (Å²) in [5.74, 6) is -0.939. The molecule has 1 aromatic rings. The zero-order valence-corrected chi connectivity index (χ0v) is 18.7. The number of carbonyl (C=O) groups excluding carboxylic acids is 3. The molecule has 3 heterocycles. The maximum absolute atomic E-state index is 13.7. The summed E-state index contributed by atoms with van der Waals surface area (Å²) in [6.07, 6.45) is 6.54. The van der Waals surface area contributed by atoms with Gasteiger partial charge in [-0.3, -0.25) is 24.6 Å². The number of hydrogen-bond donors (Lipinski definition) is 2. The predicted octanol–water partition coefficient (Wildman–Crippen LogP) is 3.06. The minimum Gasteiger partial charge on any atom is -0.324 e. The Bertz CT molecular complexity index is 948. The highest BCUT2D eigenvalue weighted by atomic mass is 35.5. The van der Waals surface area contributed by atoms with E-state index in [0.29, 0.717) is 16.3 Å². The van der Waals surface area contributed by atoms with E-state index < -0.39 is 17.4 Å². The van der Waals surface area contributed by atoms with Gasteiger partial charge in [0.2, 0.25) is 17.7 Å². The van der Waals surface area contributed by atoms with Gasteiger partial charge in [0.05, 0.1) is 11.8 Å². The van der Waals surface area contributed by atoms with Crippen molar-refractivity contribution in [3.8, 4) is 0 Å². The van der Waals surface area contributed by atoms with Crippen molar-refractivity contribution in [3.05, 3.63) is 28.3 Å². The zero-order chi connectivity index (χ0) is 21.2. The third kappa shape index (κ3) is 2.64. The summed E-state index contributed by atoms with van der Waals surface area (Å²) in [5.41, 5.74) is 1.03. The molecule has 1 aliphatic carbocycles. The number of imide groups is 1. The van der Waals surface area contributed by atoms with Gasteiger partial charge in [-0.1, -0.05) is 24.4 Å². The lowest BCUT2D eigenvalue weighted by atomic mass is 9.76. The number of halogens is 1. The van der Waals surface area contributed by atoms with Gasteiger partial charge in [0.15, 0.2) is 0 Å². The van der Waals surface area contributed by atoms with Gasteiger partial charge in [-0.25, -0.2) is 0 Å². The molecule has 4 atom stereocenters. The van der Waals surface area contributed by atoms with Crippen molar-refractivity contribution >= 4 is 46.8 Å². The SMILES string of the molecule is CSCC[C@@H]1N[C@@]2(C(=O)Nc3c(C)cc(Cl)cc32)[C@@H]2C(=O)N(C3CCCC3)C(=O)[C@H]12. The van der Waals surface area contributed by atoms with E-state index in [0.717, 1.165) is 43.4 Å². The van der Waals surface area contributed by atoms with Crippen molar-refractivity contribution in [2.24, 2.45) is 11.8 Å². The molecule has 160 valence electrons. The van der Waals surface area contributed by atoms with Crippen LogP contribution in [-0.2, 0) is 19.9 Å². The third-order valence-corrected chi connectivity index (χ3v) is 8.21. The Hall–Kier alpha value is -1.57. The smallest absolute Gasteiger partial charge is 0.250 e. The standard InChI is InChI=1S/C22H26ClN3O3S/c1-11-9-12(23)10-14-18(11)24-21(29)22(14)17-16(15(25-22)7-8-30-2)19(27)26(20(17)28)13-5-3-4-6-13/h9-10,13,15-17,25H,3-8H2,1-2H3,(H,24,29)/t15-,16+,17-,22+/m0/s1. The summed E-state index contributed by atoms with van der Waals surface area (Å²) in [6.45, 7) is 1.90. The number of hydrogen-bond acceptors (Lipinski definition) is 5. The second-order valence-corrected chi connectivity index (χ2v) is 10.3. The molecule has 3 fully saturated rings. The number of amides is 3. The number of fused-ring (bicyclic) bond motifs is 4. The van der Waals surface area contributed by atoms with Crippen LogP contribution in [0.3, 0.4) is 0 Å². The van der Waals surface area contributed by atoms with Gasteiger partial charge in [0, 0.05) is 28.4 Å². The minimum atomic E-state index is -1.24. The molecule has 4 aliphatic rings. The highest BCUT2D eigenvalue weighted by Crippen LogP contribution is 2.55. The Balaban J connectivity index is 1.65. The molecule has 8 heteroatoms. The van der Waals surface area contributed by atoms with Crippen LogP contribution in [0.15, 0.2) is 12.1 Å². The first-order chi connectivity index (χ1) is 14.4. The van der Waals surface area contributed by atoms with Gasteiger partial charge in [0.25, 0.3) is 0 Å². The molecule has 0 bridgehead atoms. The fourth-order valence-corrected chi connectivity index (χ4v) is 6.83. The van der Waals surface area contributed by atoms with Crippen molar-refractivity contribution in [1.29, 1.82) is 0 Å². The van der Waals surface area contributed by atoms with E-state index in [-0.39, 0.29) is 29.8 Å². The summed E-state index contributed by atoms with van der Waals surface area (Å²) in [4.78, 5) is 42.3. The van der Waals surface area contributed by atoms with Crippen LogP contribution in [-0.4, -0.2) is 46.7 Å². The van der Waals surface area contributed by atoms with Crippen molar-refractivity contribution in [2.45, 2.75) is 56.7 Å². The molecule has 5 rings (SSSR count). The molecule has 1 aromatic carbocycles. The van der Waals surface area contributed by atoms with E-state index in [9.17, 15) is 14.4 Å².